The molecule has 0 aromatic heterocycles. The second-order valence-corrected chi connectivity index (χ2v) is 5.18. The molecule has 20 heavy (non-hydrogen) atoms. The van der Waals surface area contributed by atoms with Crippen LogP contribution in [0, 0.1) is 0 Å². The molecule has 5 heteroatoms. The van der Waals surface area contributed by atoms with Crippen LogP contribution in [-0.4, -0.2) is 13.0 Å². The molecular weight excluding hydrogens is 320 g/mol. The molecule has 2 rings (SSSR count). The van der Waals surface area contributed by atoms with Gasteiger partial charge in [-0.2, -0.15) is 0 Å². The molecular formula is C15H15BrN2O2. The number of methoxy groups -OCH3 is 1. The number of anilines is 1. The zero-order valence-electron chi connectivity index (χ0n) is 11.0. The molecule has 104 valence electrons. The fourth-order valence-electron chi connectivity index (χ4n) is 1.84. The Morgan fingerprint density at radius 1 is 1.30 bits per heavy atom. The Hall–Kier alpha value is -2.01. The van der Waals surface area contributed by atoms with Crippen LogP contribution in [0.25, 0.3) is 0 Å². The van der Waals surface area contributed by atoms with Crippen molar-refractivity contribution in [1.82, 2.24) is 0 Å². The maximum absolute atomic E-state index is 11.2. The Bertz CT molecular complexity index is 629. The quantitative estimate of drug-likeness (QED) is 0.882. The number of carbonyl (C=O) groups is 1. The number of rotatable bonds is 5. The molecule has 2 aromatic carbocycles. The van der Waals surface area contributed by atoms with Crippen molar-refractivity contribution in [3.05, 3.63) is 58.1 Å². The average molecular weight is 335 g/mol. The van der Waals surface area contributed by atoms with Gasteiger partial charge in [0.15, 0.2) is 0 Å². The Labute approximate surface area is 126 Å². The highest BCUT2D eigenvalue weighted by Gasteiger charge is 2.07. The van der Waals surface area contributed by atoms with Gasteiger partial charge in [0.05, 0.1) is 12.8 Å². The van der Waals surface area contributed by atoms with Gasteiger partial charge in [-0.3, -0.25) is 4.79 Å². The summed E-state index contributed by atoms with van der Waals surface area (Å²) in [4.78, 5) is 11.2. The van der Waals surface area contributed by atoms with Crippen molar-refractivity contribution in [3.8, 4) is 5.75 Å². The summed E-state index contributed by atoms with van der Waals surface area (Å²) < 4.78 is 6.29. The standard InChI is InChI=1S/C15H15BrN2O2/c1-20-14-6-5-11(15(17)19)8-13(14)18-9-10-3-2-4-12(16)7-10/h2-8,18H,9H2,1H3,(H2,17,19). The Kier molecular flexibility index (Phi) is 4.63. The van der Waals surface area contributed by atoms with Crippen molar-refractivity contribution in [2.24, 2.45) is 5.73 Å². The second kappa shape index (κ2) is 6.43. The number of amides is 1. The topological polar surface area (TPSA) is 64.3 Å². The van der Waals surface area contributed by atoms with Crippen LogP contribution in [-0.2, 0) is 6.54 Å². The van der Waals surface area contributed by atoms with Crippen molar-refractivity contribution in [1.29, 1.82) is 0 Å². The third-order valence-corrected chi connectivity index (χ3v) is 3.35. The lowest BCUT2D eigenvalue weighted by atomic mass is 10.1. The highest BCUT2D eigenvalue weighted by atomic mass is 79.9. The molecule has 0 aliphatic rings. The number of hydrogen-bond acceptors (Lipinski definition) is 3. The normalized spacial score (nSPS) is 10.1. The summed E-state index contributed by atoms with van der Waals surface area (Å²) in [5, 5.41) is 3.25. The number of carbonyl (C=O) groups excluding carboxylic acids is 1. The van der Waals surface area contributed by atoms with Gasteiger partial charge in [-0.1, -0.05) is 28.1 Å². The lowest BCUT2D eigenvalue weighted by Crippen LogP contribution is -2.11. The third kappa shape index (κ3) is 3.51. The first-order chi connectivity index (χ1) is 9.60. The Balaban J connectivity index is 2.19. The van der Waals surface area contributed by atoms with E-state index in [9.17, 15) is 4.79 Å². The van der Waals surface area contributed by atoms with Crippen LogP contribution in [0.15, 0.2) is 46.9 Å². The van der Waals surface area contributed by atoms with Gasteiger partial charge in [-0.05, 0) is 35.9 Å². The number of nitrogens with two attached hydrogens (primary N) is 1. The molecule has 4 nitrogen and oxygen atoms in total. The molecule has 0 bridgehead atoms. The van der Waals surface area contributed by atoms with Crippen LogP contribution < -0.4 is 15.8 Å². The average Bonchev–Trinajstić information content (AvgIpc) is 2.44. The smallest absolute Gasteiger partial charge is 0.248 e. The van der Waals surface area contributed by atoms with Gasteiger partial charge >= 0.3 is 0 Å². The van der Waals surface area contributed by atoms with Crippen molar-refractivity contribution >= 4 is 27.5 Å². The maximum Gasteiger partial charge on any atom is 0.248 e. The molecule has 0 aliphatic heterocycles. The molecule has 0 unspecified atom stereocenters. The van der Waals surface area contributed by atoms with Crippen LogP contribution in [0.4, 0.5) is 5.69 Å². The van der Waals surface area contributed by atoms with E-state index in [0.717, 1.165) is 15.7 Å². The first-order valence-corrected chi connectivity index (χ1v) is 6.85. The van der Waals surface area contributed by atoms with Crippen molar-refractivity contribution in [2.45, 2.75) is 6.54 Å². The Morgan fingerprint density at radius 3 is 2.75 bits per heavy atom. The lowest BCUT2D eigenvalue weighted by Gasteiger charge is -2.12. The molecule has 0 radical (unpaired) electrons. The largest absolute Gasteiger partial charge is 0.495 e. The highest BCUT2D eigenvalue weighted by molar-refractivity contribution is 9.10. The monoisotopic (exact) mass is 334 g/mol. The highest BCUT2D eigenvalue weighted by Crippen LogP contribution is 2.26. The van der Waals surface area contributed by atoms with Gasteiger partial charge < -0.3 is 15.8 Å². The number of nitrogens with one attached hydrogen (secondary N) is 1. The van der Waals surface area contributed by atoms with E-state index < -0.39 is 5.91 Å². The van der Waals surface area contributed by atoms with E-state index in [1.807, 2.05) is 24.3 Å². The van der Waals surface area contributed by atoms with Crippen LogP contribution in [0.2, 0.25) is 0 Å². The molecule has 0 saturated carbocycles. The van der Waals surface area contributed by atoms with Crippen LogP contribution in [0.5, 0.6) is 5.75 Å². The van der Waals surface area contributed by atoms with Gasteiger partial charge in [0, 0.05) is 16.6 Å². The van der Waals surface area contributed by atoms with Crippen molar-refractivity contribution in [3.63, 3.8) is 0 Å². The molecule has 1 amide bonds. The zero-order valence-corrected chi connectivity index (χ0v) is 12.6. The Morgan fingerprint density at radius 2 is 2.10 bits per heavy atom. The van der Waals surface area contributed by atoms with Crippen LogP contribution in [0.3, 0.4) is 0 Å². The summed E-state index contributed by atoms with van der Waals surface area (Å²) in [6, 6.07) is 13.0. The van der Waals surface area contributed by atoms with Crippen molar-refractivity contribution in [2.75, 3.05) is 12.4 Å². The molecule has 3 N–H and O–H groups in total. The molecule has 0 saturated heterocycles. The number of primary amides is 1. The summed E-state index contributed by atoms with van der Waals surface area (Å²) >= 11 is 3.43. The summed E-state index contributed by atoms with van der Waals surface area (Å²) in [7, 11) is 1.59. The van der Waals surface area contributed by atoms with Crippen molar-refractivity contribution < 1.29 is 9.53 Å². The zero-order chi connectivity index (χ0) is 14.5. The van der Waals surface area contributed by atoms with Gasteiger partial charge in [-0.15, -0.1) is 0 Å². The fourth-order valence-corrected chi connectivity index (χ4v) is 2.29. The third-order valence-electron chi connectivity index (χ3n) is 2.86. The molecule has 0 fully saturated rings. The summed E-state index contributed by atoms with van der Waals surface area (Å²) in [5.41, 5.74) is 7.59. The van der Waals surface area contributed by atoms with E-state index in [0.29, 0.717) is 17.9 Å². The summed E-state index contributed by atoms with van der Waals surface area (Å²) in [6.45, 7) is 0.623. The van der Waals surface area contributed by atoms with Crippen LogP contribution >= 0.6 is 15.9 Å². The molecule has 2 aromatic rings. The minimum atomic E-state index is -0.460. The first kappa shape index (κ1) is 14.4. The van der Waals surface area contributed by atoms with E-state index in [2.05, 4.69) is 21.2 Å². The SMILES string of the molecule is COc1ccc(C(N)=O)cc1NCc1cccc(Br)c1. The first-order valence-electron chi connectivity index (χ1n) is 6.06. The number of benzene rings is 2. The number of ether oxygens (including phenoxy) is 1. The van der Waals surface area contributed by atoms with E-state index in [-0.39, 0.29) is 0 Å². The molecule has 0 heterocycles. The summed E-state index contributed by atoms with van der Waals surface area (Å²) in [5.74, 6) is 0.211. The van der Waals surface area contributed by atoms with E-state index in [4.69, 9.17) is 10.5 Å². The van der Waals surface area contributed by atoms with E-state index in [1.165, 1.54) is 0 Å². The maximum atomic E-state index is 11.2. The fraction of sp³-hybridized carbons (Fsp3) is 0.133. The van der Waals surface area contributed by atoms with Gasteiger partial charge in [0.2, 0.25) is 5.91 Å². The number of hydrogen-bond donors (Lipinski definition) is 2. The van der Waals surface area contributed by atoms with Gasteiger partial charge in [-0.25, -0.2) is 0 Å². The minimum Gasteiger partial charge on any atom is -0.495 e. The predicted molar refractivity (Wildman–Crippen MR) is 83.0 cm³/mol. The number of halogens is 1. The minimum absolute atomic E-state index is 0.447. The summed E-state index contributed by atoms with van der Waals surface area (Å²) in [6.07, 6.45) is 0. The second-order valence-electron chi connectivity index (χ2n) is 4.26. The predicted octanol–water partition coefficient (Wildman–Crippen LogP) is 3.17. The molecule has 0 aliphatic carbocycles. The lowest BCUT2D eigenvalue weighted by molar-refractivity contribution is 0.100. The molecule has 0 spiro atoms. The van der Waals surface area contributed by atoms with E-state index >= 15 is 0 Å². The van der Waals surface area contributed by atoms with E-state index in [1.54, 1.807) is 25.3 Å². The van der Waals surface area contributed by atoms with Gasteiger partial charge in [0.25, 0.3) is 0 Å². The molecule has 0 atom stereocenters. The van der Waals surface area contributed by atoms with Crippen LogP contribution in [0.1, 0.15) is 15.9 Å². The van der Waals surface area contributed by atoms with Gasteiger partial charge in [0.1, 0.15) is 5.75 Å².